The van der Waals surface area contributed by atoms with E-state index in [0.717, 1.165) is 16.4 Å². The van der Waals surface area contributed by atoms with E-state index in [4.69, 9.17) is 9.47 Å². The average molecular weight is 183 g/mol. The predicted molar refractivity (Wildman–Crippen MR) is 50.8 cm³/mol. The summed E-state index contributed by atoms with van der Waals surface area (Å²) in [5.41, 5.74) is 0. The van der Waals surface area contributed by atoms with Gasteiger partial charge in [-0.1, -0.05) is 6.07 Å². The van der Waals surface area contributed by atoms with Crippen LogP contribution in [0.25, 0.3) is 0 Å². The summed E-state index contributed by atoms with van der Waals surface area (Å²) < 4.78 is 10.3. The second-order valence-corrected chi connectivity index (χ2v) is 2.83. The third-order valence-electron chi connectivity index (χ3n) is 1.53. The van der Waals surface area contributed by atoms with Crippen LogP contribution in [0.15, 0.2) is 23.1 Å². The second-order valence-electron chi connectivity index (χ2n) is 2.14. The van der Waals surface area contributed by atoms with Gasteiger partial charge in [-0.15, -0.1) is 11.8 Å². The molecular weight excluding hydrogens is 172 g/mol. The summed E-state index contributed by atoms with van der Waals surface area (Å²) in [6.07, 6.45) is 3.73. The van der Waals surface area contributed by atoms with E-state index in [2.05, 4.69) is 6.26 Å². The average Bonchev–Trinajstić information content (AvgIpc) is 2.16. The fourth-order valence-corrected chi connectivity index (χ4v) is 1.55. The Morgan fingerprint density at radius 1 is 1.17 bits per heavy atom. The van der Waals surface area contributed by atoms with Crippen molar-refractivity contribution in [1.29, 1.82) is 0 Å². The minimum atomic E-state index is 0.800. The molecule has 0 fully saturated rings. The zero-order valence-electron chi connectivity index (χ0n) is 7.16. The number of ether oxygens (including phenoxy) is 2. The molecule has 0 unspecified atom stereocenters. The van der Waals surface area contributed by atoms with E-state index in [1.165, 1.54) is 11.8 Å². The van der Waals surface area contributed by atoms with Crippen LogP contribution in [-0.2, 0) is 0 Å². The SMILES string of the molecule is [CH2]Sc1c(OC)cccc1OC. The topological polar surface area (TPSA) is 18.5 Å². The summed E-state index contributed by atoms with van der Waals surface area (Å²) in [7, 11) is 3.27. The first-order chi connectivity index (χ1) is 5.83. The van der Waals surface area contributed by atoms with E-state index in [1.54, 1.807) is 14.2 Å². The quantitative estimate of drug-likeness (QED) is 0.671. The first kappa shape index (κ1) is 9.26. The highest BCUT2D eigenvalue weighted by Gasteiger charge is 2.06. The lowest BCUT2D eigenvalue weighted by Gasteiger charge is -2.09. The molecule has 1 rings (SSSR count). The maximum atomic E-state index is 5.14. The number of rotatable bonds is 3. The summed E-state index contributed by atoms with van der Waals surface area (Å²) in [5.74, 6) is 1.60. The van der Waals surface area contributed by atoms with Crippen molar-refractivity contribution in [2.45, 2.75) is 4.90 Å². The number of hydrogen-bond acceptors (Lipinski definition) is 3. The van der Waals surface area contributed by atoms with Gasteiger partial charge >= 0.3 is 0 Å². The molecule has 0 amide bonds. The van der Waals surface area contributed by atoms with Crippen LogP contribution < -0.4 is 9.47 Å². The maximum Gasteiger partial charge on any atom is 0.136 e. The van der Waals surface area contributed by atoms with Gasteiger partial charge < -0.3 is 9.47 Å². The normalized spacial score (nSPS) is 9.58. The molecule has 0 aliphatic carbocycles. The van der Waals surface area contributed by atoms with Crippen LogP contribution in [0.4, 0.5) is 0 Å². The summed E-state index contributed by atoms with van der Waals surface area (Å²) in [6.45, 7) is 0. The fraction of sp³-hybridized carbons (Fsp3) is 0.222. The molecule has 0 atom stereocenters. The summed E-state index contributed by atoms with van der Waals surface area (Å²) in [5, 5.41) is 0. The van der Waals surface area contributed by atoms with Gasteiger partial charge in [-0.3, -0.25) is 0 Å². The second kappa shape index (κ2) is 4.26. The van der Waals surface area contributed by atoms with Gasteiger partial charge in [0.05, 0.1) is 19.1 Å². The Morgan fingerprint density at radius 3 is 2.00 bits per heavy atom. The van der Waals surface area contributed by atoms with Crippen LogP contribution in [0.3, 0.4) is 0 Å². The van der Waals surface area contributed by atoms with Crippen LogP contribution >= 0.6 is 11.8 Å². The Hall–Kier alpha value is -0.830. The van der Waals surface area contributed by atoms with Crippen LogP contribution in [0.1, 0.15) is 0 Å². The number of thioether (sulfide) groups is 1. The molecule has 1 radical (unpaired) electrons. The highest BCUT2D eigenvalue weighted by atomic mass is 32.2. The monoisotopic (exact) mass is 183 g/mol. The van der Waals surface area contributed by atoms with Crippen LogP contribution in [0, 0.1) is 6.26 Å². The van der Waals surface area contributed by atoms with Crippen molar-refractivity contribution in [2.75, 3.05) is 14.2 Å². The molecule has 65 valence electrons. The van der Waals surface area contributed by atoms with Crippen LogP contribution in [-0.4, -0.2) is 14.2 Å². The van der Waals surface area contributed by atoms with Crippen molar-refractivity contribution in [3.05, 3.63) is 24.5 Å². The third-order valence-corrected chi connectivity index (χ3v) is 2.22. The third kappa shape index (κ3) is 1.67. The molecular formula is C9H11O2S. The Morgan fingerprint density at radius 2 is 1.67 bits per heavy atom. The molecule has 0 bridgehead atoms. The van der Waals surface area contributed by atoms with Crippen molar-refractivity contribution < 1.29 is 9.47 Å². The van der Waals surface area contributed by atoms with Gasteiger partial charge in [-0.2, -0.15) is 0 Å². The highest BCUT2D eigenvalue weighted by molar-refractivity contribution is 8.00. The largest absolute Gasteiger partial charge is 0.495 e. The molecule has 0 saturated carbocycles. The molecule has 3 heteroatoms. The lowest BCUT2D eigenvalue weighted by atomic mass is 10.3. The molecule has 0 spiro atoms. The minimum Gasteiger partial charge on any atom is -0.495 e. The lowest BCUT2D eigenvalue weighted by molar-refractivity contribution is 0.376. The van der Waals surface area contributed by atoms with Crippen molar-refractivity contribution >= 4 is 11.8 Å². The number of hydrogen-bond donors (Lipinski definition) is 0. The first-order valence-electron chi connectivity index (χ1n) is 3.46. The van der Waals surface area contributed by atoms with Gasteiger partial charge in [0.1, 0.15) is 11.5 Å². The van der Waals surface area contributed by atoms with E-state index in [-0.39, 0.29) is 0 Å². The molecule has 1 aromatic rings. The molecule has 0 aliphatic heterocycles. The number of benzene rings is 1. The van der Waals surface area contributed by atoms with E-state index in [9.17, 15) is 0 Å². The van der Waals surface area contributed by atoms with Gasteiger partial charge in [0.25, 0.3) is 0 Å². The maximum absolute atomic E-state index is 5.14. The van der Waals surface area contributed by atoms with Gasteiger partial charge in [0.2, 0.25) is 0 Å². The molecule has 12 heavy (non-hydrogen) atoms. The van der Waals surface area contributed by atoms with Crippen LogP contribution in [0.2, 0.25) is 0 Å². The minimum absolute atomic E-state index is 0.800. The Bertz CT molecular complexity index is 238. The standard InChI is InChI=1S/C9H11O2S/c1-10-7-5-4-6-8(11-2)9(7)12-3/h4-6H,3H2,1-2H3. The Balaban J connectivity index is 3.13. The van der Waals surface area contributed by atoms with Crippen molar-refractivity contribution in [1.82, 2.24) is 0 Å². The van der Waals surface area contributed by atoms with Crippen LogP contribution in [0.5, 0.6) is 11.5 Å². The van der Waals surface area contributed by atoms with Gasteiger partial charge in [-0.05, 0) is 12.1 Å². The van der Waals surface area contributed by atoms with E-state index < -0.39 is 0 Å². The molecule has 0 heterocycles. The van der Waals surface area contributed by atoms with E-state index in [0.29, 0.717) is 0 Å². The number of methoxy groups -OCH3 is 2. The van der Waals surface area contributed by atoms with Gasteiger partial charge in [-0.25, -0.2) is 0 Å². The smallest absolute Gasteiger partial charge is 0.136 e. The van der Waals surface area contributed by atoms with E-state index in [1.807, 2.05) is 18.2 Å². The van der Waals surface area contributed by atoms with Crippen molar-refractivity contribution in [3.63, 3.8) is 0 Å². The Kier molecular flexibility index (Phi) is 3.29. The van der Waals surface area contributed by atoms with Gasteiger partial charge in [0.15, 0.2) is 0 Å². The lowest BCUT2D eigenvalue weighted by Crippen LogP contribution is -1.89. The highest BCUT2D eigenvalue weighted by Crippen LogP contribution is 2.36. The van der Waals surface area contributed by atoms with Gasteiger partial charge in [0, 0.05) is 6.26 Å². The van der Waals surface area contributed by atoms with Crippen molar-refractivity contribution in [3.8, 4) is 11.5 Å². The molecule has 0 aromatic heterocycles. The fourth-order valence-electron chi connectivity index (χ4n) is 0.959. The molecule has 0 saturated heterocycles. The first-order valence-corrected chi connectivity index (χ1v) is 4.45. The van der Waals surface area contributed by atoms with E-state index >= 15 is 0 Å². The molecule has 2 nitrogen and oxygen atoms in total. The zero-order chi connectivity index (χ0) is 8.97. The predicted octanol–water partition coefficient (Wildman–Crippen LogP) is 2.59. The molecule has 0 N–H and O–H groups in total. The Labute approximate surface area is 76.9 Å². The summed E-state index contributed by atoms with van der Waals surface area (Å²) in [6, 6.07) is 5.66. The summed E-state index contributed by atoms with van der Waals surface area (Å²) >= 11 is 1.37. The molecule has 0 aliphatic rings. The zero-order valence-corrected chi connectivity index (χ0v) is 7.98. The van der Waals surface area contributed by atoms with Crippen molar-refractivity contribution in [2.24, 2.45) is 0 Å². The molecule has 1 aromatic carbocycles. The summed E-state index contributed by atoms with van der Waals surface area (Å²) in [4.78, 5) is 0.933.